The Balaban J connectivity index is 1.93. The standard InChI is InChI=1S/C28H25BrN2O4S2/c1-6-13-34-22-12-9-20(29)14-19(22)15-23-26(32)31-25(18-7-10-21(36-5)11-8-18)24(27(33)35-16(2)3)17(4)30-28(31)37-23/h1,7-12,14-16,25H,13H2,2-5H3/b23-15-/t25-/m0/s1. The highest BCUT2D eigenvalue weighted by molar-refractivity contribution is 9.10. The third-order valence-electron chi connectivity index (χ3n) is 5.59. The average Bonchev–Trinajstić information content (AvgIpc) is 3.16. The van der Waals surface area contributed by atoms with Crippen molar-refractivity contribution in [1.82, 2.24) is 4.57 Å². The van der Waals surface area contributed by atoms with Crippen molar-refractivity contribution in [3.63, 3.8) is 0 Å². The lowest BCUT2D eigenvalue weighted by atomic mass is 9.96. The van der Waals surface area contributed by atoms with Crippen molar-refractivity contribution >= 4 is 51.1 Å². The minimum Gasteiger partial charge on any atom is -0.480 e. The third kappa shape index (κ3) is 5.77. The van der Waals surface area contributed by atoms with E-state index in [2.05, 4.69) is 26.8 Å². The number of rotatable bonds is 7. The number of halogens is 1. The van der Waals surface area contributed by atoms with Gasteiger partial charge in [0.05, 0.1) is 27.9 Å². The molecule has 0 aliphatic carbocycles. The van der Waals surface area contributed by atoms with E-state index in [0.717, 1.165) is 14.9 Å². The van der Waals surface area contributed by atoms with Crippen LogP contribution in [-0.4, -0.2) is 29.5 Å². The first-order chi connectivity index (χ1) is 17.7. The first kappa shape index (κ1) is 27.0. The van der Waals surface area contributed by atoms with Gasteiger partial charge < -0.3 is 9.47 Å². The van der Waals surface area contributed by atoms with Crippen LogP contribution < -0.4 is 19.6 Å². The molecule has 0 saturated carbocycles. The molecule has 1 aliphatic rings. The number of carbonyl (C=O) groups is 1. The zero-order chi connectivity index (χ0) is 26.7. The molecule has 0 radical (unpaired) electrons. The van der Waals surface area contributed by atoms with Crippen LogP contribution in [0.5, 0.6) is 5.75 Å². The molecule has 37 heavy (non-hydrogen) atoms. The van der Waals surface area contributed by atoms with Gasteiger partial charge in [-0.1, -0.05) is 45.3 Å². The minimum absolute atomic E-state index is 0.107. The molecule has 190 valence electrons. The van der Waals surface area contributed by atoms with Crippen molar-refractivity contribution in [2.45, 2.75) is 37.8 Å². The van der Waals surface area contributed by atoms with Crippen molar-refractivity contribution in [2.24, 2.45) is 4.99 Å². The molecular formula is C28H25BrN2O4S2. The van der Waals surface area contributed by atoms with Gasteiger partial charge in [0.25, 0.3) is 5.56 Å². The van der Waals surface area contributed by atoms with E-state index in [1.54, 1.807) is 49.2 Å². The number of carbonyl (C=O) groups excluding carboxylic acids is 1. The van der Waals surface area contributed by atoms with Crippen LogP contribution in [0.2, 0.25) is 0 Å². The van der Waals surface area contributed by atoms with Crippen molar-refractivity contribution < 1.29 is 14.3 Å². The number of ether oxygens (including phenoxy) is 2. The molecule has 0 N–H and O–H groups in total. The van der Waals surface area contributed by atoms with Crippen molar-refractivity contribution in [2.75, 3.05) is 12.9 Å². The lowest BCUT2D eigenvalue weighted by Gasteiger charge is -2.25. The molecule has 2 aromatic carbocycles. The molecule has 1 atom stereocenters. The number of nitrogens with zero attached hydrogens (tertiary/aromatic N) is 2. The fourth-order valence-corrected chi connectivity index (χ4v) is 5.81. The van der Waals surface area contributed by atoms with Crippen LogP contribution in [0.4, 0.5) is 0 Å². The van der Waals surface area contributed by atoms with Crippen LogP contribution in [0.25, 0.3) is 6.08 Å². The molecular weight excluding hydrogens is 572 g/mol. The lowest BCUT2D eigenvalue weighted by molar-refractivity contribution is -0.143. The van der Waals surface area contributed by atoms with Gasteiger partial charge in [0.15, 0.2) is 4.80 Å². The summed E-state index contributed by atoms with van der Waals surface area (Å²) < 4.78 is 14.1. The monoisotopic (exact) mass is 596 g/mol. The van der Waals surface area contributed by atoms with Gasteiger partial charge in [0.2, 0.25) is 0 Å². The van der Waals surface area contributed by atoms with Crippen LogP contribution >= 0.6 is 39.0 Å². The molecule has 6 nitrogen and oxygen atoms in total. The molecule has 0 unspecified atom stereocenters. The topological polar surface area (TPSA) is 69.9 Å². The second-order valence-corrected chi connectivity index (χ2v) is 11.3. The van der Waals surface area contributed by atoms with Gasteiger partial charge in [-0.05, 0) is 69.0 Å². The van der Waals surface area contributed by atoms with Gasteiger partial charge in [0.1, 0.15) is 12.4 Å². The van der Waals surface area contributed by atoms with E-state index in [-0.39, 0.29) is 18.3 Å². The highest BCUT2D eigenvalue weighted by Gasteiger charge is 2.33. The van der Waals surface area contributed by atoms with Crippen molar-refractivity contribution in [3.8, 4) is 18.1 Å². The predicted octanol–water partition coefficient (Wildman–Crippen LogP) is 4.68. The molecule has 0 fully saturated rings. The highest BCUT2D eigenvalue weighted by atomic mass is 79.9. The molecule has 0 saturated heterocycles. The summed E-state index contributed by atoms with van der Waals surface area (Å²) in [4.78, 5) is 33.3. The van der Waals surface area contributed by atoms with E-state index >= 15 is 0 Å². The quantitative estimate of drug-likeness (QED) is 0.225. The summed E-state index contributed by atoms with van der Waals surface area (Å²) in [5.41, 5.74) is 2.12. The number of hydrogen-bond acceptors (Lipinski definition) is 7. The summed E-state index contributed by atoms with van der Waals surface area (Å²) in [7, 11) is 0. The Morgan fingerprint density at radius 3 is 2.68 bits per heavy atom. The number of thioether (sulfide) groups is 1. The number of thiazole rings is 1. The Hall–Kier alpha value is -3.06. The van der Waals surface area contributed by atoms with Crippen LogP contribution in [0.3, 0.4) is 0 Å². The minimum atomic E-state index is -0.666. The van der Waals surface area contributed by atoms with E-state index in [1.165, 1.54) is 11.3 Å². The highest BCUT2D eigenvalue weighted by Crippen LogP contribution is 2.32. The van der Waals surface area contributed by atoms with Crippen molar-refractivity contribution in [1.29, 1.82) is 0 Å². The molecule has 0 amide bonds. The summed E-state index contributed by atoms with van der Waals surface area (Å²) in [5.74, 6) is 2.54. The van der Waals surface area contributed by atoms with Gasteiger partial charge in [0, 0.05) is 14.9 Å². The van der Waals surface area contributed by atoms with Crippen molar-refractivity contribution in [3.05, 3.63) is 89.0 Å². The maximum atomic E-state index is 13.9. The van der Waals surface area contributed by atoms with Gasteiger partial charge in [-0.25, -0.2) is 9.79 Å². The second-order valence-electron chi connectivity index (χ2n) is 8.48. The summed E-state index contributed by atoms with van der Waals surface area (Å²) in [5, 5.41) is 0. The number of esters is 1. The zero-order valence-corrected chi connectivity index (χ0v) is 24.0. The van der Waals surface area contributed by atoms with Crippen LogP contribution in [-0.2, 0) is 9.53 Å². The SMILES string of the molecule is C#CCOc1ccc(Br)cc1/C=c1\sc2n(c1=O)[C@@H](c1ccc(SC)cc1)C(C(=O)OC(C)C)=C(C)N=2. The first-order valence-corrected chi connectivity index (χ1v) is 14.3. The summed E-state index contributed by atoms with van der Waals surface area (Å²) in [6, 6.07) is 12.7. The van der Waals surface area contributed by atoms with Crippen LogP contribution in [0.1, 0.15) is 37.9 Å². The molecule has 1 aliphatic heterocycles. The summed E-state index contributed by atoms with van der Waals surface area (Å²) >= 11 is 6.36. The normalized spacial score (nSPS) is 15.3. The van der Waals surface area contributed by atoms with E-state index < -0.39 is 12.0 Å². The number of allylic oxidation sites excluding steroid dienone is 1. The average molecular weight is 598 g/mol. The Bertz CT molecular complexity index is 1590. The van der Waals surface area contributed by atoms with Gasteiger partial charge >= 0.3 is 5.97 Å². The number of hydrogen-bond donors (Lipinski definition) is 0. The zero-order valence-electron chi connectivity index (χ0n) is 20.8. The van der Waals surface area contributed by atoms with E-state index in [0.29, 0.717) is 31.9 Å². The fraction of sp³-hybridized carbons (Fsp3) is 0.250. The summed E-state index contributed by atoms with van der Waals surface area (Å²) in [6.45, 7) is 5.47. The van der Waals surface area contributed by atoms with Crippen LogP contribution in [0.15, 0.2) is 72.9 Å². The van der Waals surface area contributed by atoms with Gasteiger partial charge in [-0.15, -0.1) is 18.2 Å². The molecule has 3 aromatic rings. The largest absolute Gasteiger partial charge is 0.480 e. The Labute approximate surface area is 231 Å². The third-order valence-corrected chi connectivity index (χ3v) is 7.81. The van der Waals surface area contributed by atoms with E-state index in [9.17, 15) is 9.59 Å². The fourth-order valence-electron chi connectivity index (χ4n) is 3.99. The van der Waals surface area contributed by atoms with Crippen LogP contribution in [0, 0.1) is 12.3 Å². The van der Waals surface area contributed by atoms with Gasteiger partial charge in [-0.3, -0.25) is 9.36 Å². The number of aromatic nitrogens is 1. The Morgan fingerprint density at radius 1 is 1.30 bits per heavy atom. The first-order valence-electron chi connectivity index (χ1n) is 11.5. The predicted molar refractivity (Wildman–Crippen MR) is 152 cm³/mol. The number of fused-ring (bicyclic) bond motifs is 1. The number of terminal acetylenes is 1. The molecule has 2 heterocycles. The molecule has 4 rings (SSSR count). The Kier molecular flexibility index (Phi) is 8.42. The van der Waals surface area contributed by atoms with E-state index in [1.807, 2.05) is 42.7 Å². The molecule has 1 aromatic heterocycles. The van der Waals surface area contributed by atoms with Gasteiger partial charge in [-0.2, -0.15) is 0 Å². The number of benzene rings is 2. The second kappa shape index (κ2) is 11.5. The molecule has 0 spiro atoms. The Morgan fingerprint density at radius 2 is 2.03 bits per heavy atom. The van der Waals surface area contributed by atoms with E-state index in [4.69, 9.17) is 15.9 Å². The summed E-state index contributed by atoms with van der Waals surface area (Å²) in [6.07, 6.45) is 8.82. The molecule has 9 heteroatoms. The maximum absolute atomic E-state index is 13.9. The molecule has 0 bridgehead atoms. The lowest BCUT2D eigenvalue weighted by Crippen LogP contribution is -2.40. The maximum Gasteiger partial charge on any atom is 0.338 e. The smallest absolute Gasteiger partial charge is 0.338 e.